The van der Waals surface area contributed by atoms with E-state index in [2.05, 4.69) is 5.32 Å². The molecule has 0 spiro atoms. The van der Waals surface area contributed by atoms with Crippen LogP contribution in [-0.4, -0.2) is 18.3 Å². The van der Waals surface area contributed by atoms with Crippen molar-refractivity contribution in [3.8, 4) is 11.3 Å². The van der Waals surface area contributed by atoms with Gasteiger partial charge in [-0.25, -0.2) is 0 Å². The Balaban J connectivity index is 2.16. The molecule has 2 N–H and O–H groups in total. The van der Waals surface area contributed by atoms with Crippen LogP contribution in [0.2, 0.25) is 5.02 Å². The molecule has 3 nitrogen and oxygen atoms in total. The Bertz CT molecular complexity index is 522. The molecule has 96 valence electrons. The van der Waals surface area contributed by atoms with Crippen LogP contribution in [0.3, 0.4) is 0 Å². The van der Waals surface area contributed by atoms with E-state index in [-0.39, 0.29) is 6.61 Å². The molecule has 0 aliphatic rings. The Morgan fingerprint density at radius 3 is 2.89 bits per heavy atom. The summed E-state index contributed by atoms with van der Waals surface area (Å²) < 4.78 is 5.75. The quantitative estimate of drug-likeness (QED) is 0.817. The van der Waals surface area contributed by atoms with Gasteiger partial charge in [-0.1, -0.05) is 23.7 Å². The molecule has 0 aliphatic heterocycles. The monoisotopic (exact) mass is 265 g/mol. The first kappa shape index (κ1) is 13.1. The largest absolute Gasteiger partial charge is 0.460 e. The number of hydrogen-bond acceptors (Lipinski definition) is 3. The predicted octanol–water partition coefficient (Wildman–Crippen LogP) is 2.99. The minimum atomic E-state index is 0.126. The van der Waals surface area contributed by atoms with E-state index < -0.39 is 0 Å². The number of furan rings is 1. The highest BCUT2D eigenvalue weighted by molar-refractivity contribution is 6.31. The van der Waals surface area contributed by atoms with Crippen molar-refractivity contribution in [1.29, 1.82) is 0 Å². The summed E-state index contributed by atoms with van der Waals surface area (Å²) in [6.07, 6.45) is 0. The minimum absolute atomic E-state index is 0.126. The summed E-state index contributed by atoms with van der Waals surface area (Å²) in [5.74, 6) is 1.66. The van der Waals surface area contributed by atoms with Gasteiger partial charge in [-0.15, -0.1) is 0 Å². The number of halogens is 1. The van der Waals surface area contributed by atoms with E-state index in [1.54, 1.807) is 0 Å². The zero-order valence-electron chi connectivity index (χ0n) is 10.2. The molecule has 1 heterocycles. The van der Waals surface area contributed by atoms with Crippen LogP contribution >= 0.6 is 11.6 Å². The van der Waals surface area contributed by atoms with Crippen LogP contribution in [0, 0.1) is 6.92 Å². The lowest BCUT2D eigenvalue weighted by molar-refractivity contribution is 0.290. The zero-order chi connectivity index (χ0) is 13.0. The number of hydrogen-bond donors (Lipinski definition) is 2. The summed E-state index contributed by atoms with van der Waals surface area (Å²) in [7, 11) is 0. The second kappa shape index (κ2) is 6.05. The SMILES string of the molecule is Cc1c(Cl)cccc1-c1ccc(CNCCO)o1. The number of rotatable bonds is 5. The summed E-state index contributed by atoms with van der Waals surface area (Å²) in [5, 5.41) is 12.5. The van der Waals surface area contributed by atoms with E-state index in [4.69, 9.17) is 21.1 Å². The molecule has 1 aromatic heterocycles. The molecule has 0 fully saturated rings. The van der Waals surface area contributed by atoms with Gasteiger partial charge in [-0.3, -0.25) is 0 Å². The van der Waals surface area contributed by atoms with E-state index in [0.29, 0.717) is 13.1 Å². The topological polar surface area (TPSA) is 45.4 Å². The third kappa shape index (κ3) is 2.93. The first-order valence-corrected chi connectivity index (χ1v) is 6.26. The Morgan fingerprint density at radius 1 is 1.28 bits per heavy atom. The molecular weight excluding hydrogens is 250 g/mol. The number of aliphatic hydroxyl groups excluding tert-OH is 1. The van der Waals surface area contributed by atoms with E-state index in [9.17, 15) is 0 Å². The molecule has 0 atom stereocenters. The van der Waals surface area contributed by atoms with Gasteiger partial charge in [0.1, 0.15) is 11.5 Å². The molecule has 0 aliphatic carbocycles. The van der Waals surface area contributed by atoms with Crippen LogP contribution in [0.15, 0.2) is 34.7 Å². The van der Waals surface area contributed by atoms with Crippen molar-refractivity contribution in [2.75, 3.05) is 13.2 Å². The first-order valence-electron chi connectivity index (χ1n) is 5.88. The maximum absolute atomic E-state index is 8.69. The third-order valence-electron chi connectivity index (χ3n) is 2.78. The number of aliphatic hydroxyl groups is 1. The van der Waals surface area contributed by atoms with Crippen LogP contribution in [0.5, 0.6) is 0 Å². The van der Waals surface area contributed by atoms with Gasteiger partial charge < -0.3 is 14.8 Å². The van der Waals surface area contributed by atoms with Gasteiger partial charge in [0.2, 0.25) is 0 Å². The maximum Gasteiger partial charge on any atom is 0.134 e. The molecular formula is C14H16ClNO2. The van der Waals surface area contributed by atoms with Crippen molar-refractivity contribution in [1.82, 2.24) is 5.32 Å². The van der Waals surface area contributed by atoms with Gasteiger partial charge in [-0.2, -0.15) is 0 Å². The third-order valence-corrected chi connectivity index (χ3v) is 3.19. The maximum atomic E-state index is 8.69. The Hall–Kier alpha value is -1.29. The fourth-order valence-electron chi connectivity index (χ4n) is 1.78. The molecule has 2 rings (SSSR count). The van der Waals surface area contributed by atoms with E-state index in [0.717, 1.165) is 27.7 Å². The van der Waals surface area contributed by atoms with E-state index in [1.807, 2.05) is 37.3 Å². The van der Waals surface area contributed by atoms with Crippen molar-refractivity contribution in [2.45, 2.75) is 13.5 Å². The molecule has 18 heavy (non-hydrogen) atoms. The standard InChI is InChI=1S/C14H16ClNO2/c1-10-12(3-2-4-13(10)15)14-6-5-11(18-14)9-16-7-8-17/h2-6,16-17H,7-9H2,1H3. The van der Waals surface area contributed by atoms with E-state index >= 15 is 0 Å². The van der Waals surface area contributed by atoms with Crippen molar-refractivity contribution in [3.63, 3.8) is 0 Å². The molecule has 0 saturated carbocycles. The first-order chi connectivity index (χ1) is 8.72. The van der Waals surface area contributed by atoms with Crippen LogP contribution in [0.1, 0.15) is 11.3 Å². The van der Waals surface area contributed by atoms with E-state index in [1.165, 1.54) is 0 Å². The van der Waals surface area contributed by atoms with Crippen LogP contribution in [0.4, 0.5) is 0 Å². The lowest BCUT2D eigenvalue weighted by atomic mass is 10.1. The summed E-state index contributed by atoms with van der Waals surface area (Å²) in [6.45, 7) is 3.28. The second-order valence-electron chi connectivity index (χ2n) is 4.08. The molecule has 1 aromatic carbocycles. The minimum Gasteiger partial charge on any atom is -0.460 e. The Labute approximate surface area is 111 Å². The number of benzene rings is 1. The van der Waals surface area contributed by atoms with Gasteiger partial charge in [0, 0.05) is 17.1 Å². The van der Waals surface area contributed by atoms with Gasteiger partial charge in [0.15, 0.2) is 0 Å². The molecule has 0 radical (unpaired) electrons. The fraction of sp³-hybridized carbons (Fsp3) is 0.286. The van der Waals surface area contributed by atoms with Gasteiger partial charge in [0.05, 0.1) is 13.2 Å². The average Bonchev–Trinajstić information content (AvgIpc) is 2.82. The summed E-state index contributed by atoms with van der Waals surface area (Å²) >= 11 is 6.09. The highest BCUT2D eigenvalue weighted by atomic mass is 35.5. The summed E-state index contributed by atoms with van der Waals surface area (Å²) in [6, 6.07) is 9.64. The van der Waals surface area contributed by atoms with Crippen molar-refractivity contribution >= 4 is 11.6 Å². The smallest absolute Gasteiger partial charge is 0.134 e. The normalized spacial score (nSPS) is 10.8. The fourth-order valence-corrected chi connectivity index (χ4v) is 1.96. The van der Waals surface area contributed by atoms with Gasteiger partial charge >= 0.3 is 0 Å². The lowest BCUT2D eigenvalue weighted by Crippen LogP contribution is -2.16. The van der Waals surface area contributed by atoms with Crippen molar-refractivity contribution in [2.24, 2.45) is 0 Å². The van der Waals surface area contributed by atoms with Crippen LogP contribution < -0.4 is 5.32 Å². The van der Waals surface area contributed by atoms with Crippen molar-refractivity contribution in [3.05, 3.63) is 46.7 Å². The zero-order valence-corrected chi connectivity index (χ0v) is 11.0. The molecule has 2 aromatic rings. The highest BCUT2D eigenvalue weighted by Crippen LogP contribution is 2.29. The van der Waals surface area contributed by atoms with Gasteiger partial charge in [0.25, 0.3) is 0 Å². The average molecular weight is 266 g/mol. The molecule has 0 bridgehead atoms. The van der Waals surface area contributed by atoms with Crippen LogP contribution in [0.25, 0.3) is 11.3 Å². The highest BCUT2D eigenvalue weighted by Gasteiger charge is 2.09. The van der Waals surface area contributed by atoms with Crippen molar-refractivity contribution < 1.29 is 9.52 Å². The second-order valence-corrected chi connectivity index (χ2v) is 4.49. The molecule has 0 saturated heterocycles. The Morgan fingerprint density at radius 2 is 2.11 bits per heavy atom. The predicted molar refractivity (Wildman–Crippen MR) is 72.7 cm³/mol. The molecule has 4 heteroatoms. The van der Waals surface area contributed by atoms with Gasteiger partial charge in [-0.05, 0) is 30.7 Å². The summed E-state index contributed by atoms with van der Waals surface area (Å²) in [5.41, 5.74) is 2.03. The summed E-state index contributed by atoms with van der Waals surface area (Å²) in [4.78, 5) is 0. The molecule has 0 amide bonds. The lowest BCUT2D eigenvalue weighted by Gasteiger charge is -2.04. The molecule has 0 unspecified atom stereocenters. The Kier molecular flexibility index (Phi) is 4.42. The van der Waals surface area contributed by atoms with Crippen LogP contribution in [-0.2, 0) is 6.54 Å². The number of nitrogens with one attached hydrogen (secondary N) is 1.